The van der Waals surface area contributed by atoms with Gasteiger partial charge in [0.25, 0.3) is 0 Å². The highest BCUT2D eigenvalue weighted by atomic mass is 35.5. The summed E-state index contributed by atoms with van der Waals surface area (Å²) in [5.74, 6) is 0. The van der Waals surface area contributed by atoms with Gasteiger partial charge in [-0.15, -0.1) is 0 Å². The molecular weight excluding hydrogens is 307 g/mol. The third-order valence-electron chi connectivity index (χ3n) is 3.18. The number of para-hydroxylation sites is 1. The maximum Gasteiger partial charge on any atom is 0.401 e. The highest BCUT2D eigenvalue weighted by Gasteiger charge is 2.32. The monoisotopic (exact) mass is 321 g/mol. The van der Waals surface area contributed by atoms with Crippen molar-refractivity contribution in [3.8, 4) is 0 Å². The number of halogens is 4. The number of hydrogen-bond donors (Lipinski definition) is 1. The Balaban J connectivity index is 1.85. The fourth-order valence-corrected chi connectivity index (χ4v) is 2.30. The summed E-state index contributed by atoms with van der Waals surface area (Å²) in [5.41, 5.74) is 0.488. The van der Waals surface area contributed by atoms with E-state index in [0.29, 0.717) is 10.7 Å². The van der Waals surface area contributed by atoms with Crippen LogP contribution in [0.2, 0.25) is 5.02 Å². The van der Waals surface area contributed by atoms with Crippen LogP contribution in [0.3, 0.4) is 0 Å². The fraction of sp³-hybridized carbons (Fsp3) is 0.462. The van der Waals surface area contributed by atoms with E-state index in [1.165, 1.54) is 9.80 Å². The zero-order valence-corrected chi connectivity index (χ0v) is 11.9. The summed E-state index contributed by atoms with van der Waals surface area (Å²) in [4.78, 5) is 14.8. The molecule has 0 saturated carbocycles. The molecule has 1 fully saturated rings. The smallest absolute Gasteiger partial charge is 0.322 e. The number of anilines is 1. The first-order chi connectivity index (χ1) is 9.85. The zero-order chi connectivity index (χ0) is 15.5. The minimum Gasteiger partial charge on any atom is -0.322 e. The lowest BCUT2D eigenvalue weighted by Crippen LogP contribution is -2.51. The van der Waals surface area contributed by atoms with E-state index in [2.05, 4.69) is 5.32 Å². The van der Waals surface area contributed by atoms with Crippen LogP contribution in [0.1, 0.15) is 0 Å². The Morgan fingerprint density at radius 2 is 1.81 bits per heavy atom. The summed E-state index contributed by atoms with van der Waals surface area (Å²) in [7, 11) is 0. The molecule has 0 atom stereocenters. The first-order valence-electron chi connectivity index (χ1n) is 6.45. The SMILES string of the molecule is O=C(Nc1ccccc1Cl)N1CCN(CC(F)(F)F)CC1. The lowest BCUT2D eigenvalue weighted by molar-refractivity contribution is -0.148. The normalized spacial score (nSPS) is 16.9. The molecule has 1 aromatic carbocycles. The third kappa shape index (κ3) is 4.78. The van der Waals surface area contributed by atoms with Crippen molar-refractivity contribution in [3.05, 3.63) is 29.3 Å². The topological polar surface area (TPSA) is 35.6 Å². The Labute approximate surface area is 125 Å². The van der Waals surface area contributed by atoms with Gasteiger partial charge < -0.3 is 10.2 Å². The van der Waals surface area contributed by atoms with E-state index in [9.17, 15) is 18.0 Å². The quantitative estimate of drug-likeness (QED) is 0.908. The van der Waals surface area contributed by atoms with E-state index < -0.39 is 12.7 Å². The molecule has 0 aliphatic carbocycles. The Hall–Kier alpha value is -1.47. The van der Waals surface area contributed by atoms with Crippen molar-refractivity contribution in [1.29, 1.82) is 0 Å². The van der Waals surface area contributed by atoms with Crippen molar-refractivity contribution in [2.45, 2.75) is 6.18 Å². The maximum absolute atomic E-state index is 12.3. The first kappa shape index (κ1) is 15.9. The molecule has 8 heteroatoms. The summed E-state index contributed by atoms with van der Waals surface area (Å²) < 4.78 is 36.8. The Kier molecular flexibility index (Phi) is 4.95. The predicted molar refractivity (Wildman–Crippen MR) is 74.5 cm³/mol. The summed E-state index contributed by atoms with van der Waals surface area (Å²) in [6.45, 7) is -0.0173. The number of amides is 2. The molecule has 1 aliphatic heterocycles. The van der Waals surface area contributed by atoms with E-state index in [4.69, 9.17) is 11.6 Å². The number of urea groups is 1. The van der Waals surface area contributed by atoms with Crippen LogP contribution in [0, 0.1) is 0 Å². The van der Waals surface area contributed by atoms with Gasteiger partial charge in [0.05, 0.1) is 17.3 Å². The van der Waals surface area contributed by atoms with Gasteiger partial charge in [0.1, 0.15) is 0 Å². The van der Waals surface area contributed by atoms with Gasteiger partial charge in [-0.3, -0.25) is 4.90 Å². The van der Waals surface area contributed by atoms with Crippen molar-refractivity contribution < 1.29 is 18.0 Å². The molecule has 2 amide bonds. The van der Waals surface area contributed by atoms with Crippen LogP contribution in [-0.4, -0.2) is 54.7 Å². The highest BCUT2D eigenvalue weighted by Crippen LogP contribution is 2.21. The second-order valence-electron chi connectivity index (χ2n) is 4.79. The number of carbonyl (C=O) groups is 1. The number of piperazine rings is 1. The molecule has 116 valence electrons. The molecule has 1 aromatic rings. The molecule has 1 saturated heterocycles. The minimum absolute atomic E-state index is 0.204. The Bertz CT molecular complexity index is 502. The molecule has 0 unspecified atom stereocenters. The van der Waals surface area contributed by atoms with Gasteiger partial charge in [-0.2, -0.15) is 13.2 Å². The predicted octanol–water partition coefficient (Wildman–Crippen LogP) is 3.05. The zero-order valence-electron chi connectivity index (χ0n) is 11.2. The minimum atomic E-state index is -4.21. The van der Waals surface area contributed by atoms with Crippen molar-refractivity contribution in [1.82, 2.24) is 9.80 Å². The molecule has 1 heterocycles. The molecule has 4 nitrogen and oxygen atoms in total. The van der Waals surface area contributed by atoms with Gasteiger partial charge >= 0.3 is 12.2 Å². The summed E-state index contributed by atoms with van der Waals surface area (Å²) in [6, 6.07) is 6.45. The molecule has 0 spiro atoms. The van der Waals surface area contributed by atoms with Gasteiger partial charge in [-0.1, -0.05) is 23.7 Å². The van der Waals surface area contributed by atoms with Gasteiger partial charge in [-0.05, 0) is 12.1 Å². The number of hydrogen-bond acceptors (Lipinski definition) is 2. The van der Waals surface area contributed by atoms with Crippen LogP contribution in [0.4, 0.5) is 23.7 Å². The lowest BCUT2D eigenvalue weighted by Gasteiger charge is -2.34. The van der Waals surface area contributed by atoms with Gasteiger partial charge in [0.2, 0.25) is 0 Å². The highest BCUT2D eigenvalue weighted by molar-refractivity contribution is 6.33. The molecule has 0 bridgehead atoms. The van der Waals surface area contributed by atoms with Crippen LogP contribution in [0.15, 0.2) is 24.3 Å². The van der Waals surface area contributed by atoms with Crippen LogP contribution in [-0.2, 0) is 0 Å². The van der Waals surface area contributed by atoms with Crippen LogP contribution >= 0.6 is 11.6 Å². The van der Waals surface area contributed by atoms with E-state index in [1.807, 2.05) is 0 Å². The Morgan fingerprint density at radius 1 is 1.19 bits per heavy atom. The molecule has 2 rings (SSSR count). The fourth-order valence-electron chi connectivity index (χ4n) is 2.12. The van der Waals surface area contributed by atoms with Crippen molar-refractivity contribution in [2.24, 2.45) is 0 Å². The van der Waals surface area contributed by atoms with E-state index in [-0.39, 0.29) is 32.2 Å². The van der Waals surface area contributed by atoms with Crippen molar-refractivity contribution >= 4 is 23.3 Å². The van der Waals surface area contributed by atoms with E-state index in [1.54, 1.807) is 24.3 Å². The van der Waals surface area contributed by atoms with Crippen molar-refractivity contribution in [3.63, 3.8) is 0 Å². The second kappa shape index (κ2) is 6.53. The van der Waals surface area contributed by atoms with Gasteiger partial charge in [0, 0.05) is 26.2 Å². The third-order valence-corrected chi connectivity index (χ3v) is 3.51. The van der Waals surface area contributed by atoms with Gasteiger partial charge in [-0.25, -0.2) is 4.79 Å². The van der Waals surface area contributed by atoms with Gasteiger partial charge in [0.15, 0.2) is 0 Å². The molecule has 0 aromatic heterocycles. The summed E-state index contributed by atoms with van der Waals surface area (Å²) in [6.07, 6.45) is -4.21. The average Bonchev–Trinajstić information content (AvgIpc) is 2.40. The number of nitrogens with one attached hydrogen (secondary N) is 1. The number of carbonyl (C=O) groups excluding carboxylic acids is 1. The molecule has 1 N–H and O–H groups in total. The molecule has 21 heavy (non-hydrogen) atoms. The molecule has 1 aliphatic rings. The maximum atomic E-state index is 12.3. The number of alkyl halides is 3. The second-order valence-corrected chi connectivity index (χ2v) is 5.20. The first-order valence-corrected chi connectivity index (χ1v) is 6.82. The lowest BCUT2D eigenvalue weighted by atomic mass is 10.3. The average molecular weight is 322 g/mol. The number of benzene rings is 1. The van der Waals surface area contributed by atoms with Crippen molar-refractivity contribution in [2.75, 3.05) is 38.0 Å². The standard InChI is InChI=1S/C13H15ClF3N3O/c14-10-3-1-2-4-11(10)18-12(21)20-7-5-19(6-8-20)9-13(15,16)17/h1-4H,5-9H2,(H,18,21). The Morgan fingerprint density at radius 3 is 2.38 bits per heavy atom. The van der Waals surface area contributed by atoms with E-state index in [0.717, 1.165) is 0 Å². The van der Waals surface area contributed by atoms with Crippen LogP contribution < -0.4 is 5.32 Å². The van der Waals surface area contributed by atoms with E-state index >= 15 is 0 Å². The molecular formula is C13H15ClF3N3O. The summed E-state index contributed by atoms with van der Waals surface area (Å²) in [5, 5.41) is 3.08. The largest absolute Gasteiger partial charge is 0.401 e. The molecule has 0 radical (unpaired) electrons. The summed E-state index contributed by atoms with van der Waals surface area (Å²) >= 11 is 5.94. The van der Waals surface area contributed by atoms with Crippen LogP contribution in [0.25, 0.3) is 0 Å². The number of nitrogens with zero attached hydrogens (tertiary/aromatic N) is 2. The van der Waals surface area contributed by atoms with Crippen LogP contribution in [0.5, 0.6) is 0 Å². The number of rotatable bonds is 2.